The summed E-state index contributed by atoms with van der Waals surface area (Å²) in [4.78, 5) is 21.9. The van der Waals surface area contributed by atoms with Gasteiger partial charge in [0.05, 0.1) is 5.56 Å². The molecule has 168 valence electrons. The Labute approximate surface area is 194 Å². The van der Waals surface area contributed by atoms with Crippen molar-refractivity contribution in [2.75, 3.05) is 31.5 Å². The molecule has 5 rings (SSSR count). The van der Waals surface area contributed by atoms with Crippen molar-refractivity contribution in [2.24, 2.45) is 4.99 Å². The number of amidine groups is 1. The van der Waals surface area contributed by atoms with E-state index in [0.717, 1.165) is 45.4 Å². The molecule has 0 aliphatic carbocycles. The standard InChI is InChI=1S/C27H28N4O2/c1-18-4-8-21(9-5-18)28-27(32)31-14-12-30(13-15-31)26-22-16-19(2)7-11-24(22)33-25-17-20(3)6-10-23(25)29-26/h4-11,16-17H,12-15H2,1-3H3,(H,28,32). The topological polar surface area (TPSA) is 57.2 Å². The minimum absolute atomic E-state index is 0.0679. The van der Waals surface area contributed by atoms with Gasteiger partial charge in [0.2, 0.25) is 0 Å². The molecular weight excluding hydrogens is 412 g/mol. The lowest BCUT2D eigenvalue weighted by molar-refractivity contribution is 0.181. The number of fused-ring (bicyclic) bond motifs is 2. The number of carbonyl (C=O) groups excluding carboxylic acids is 1. The Morgan fingerprint density at radius 3 is 2.24 bits per heavy atom. The number of aliphatic imine (C=N–C) groups is 1. The zero-order chi connectivity index (χ0) is 22.9. The first kappa shape index (κ1) is 21.1. The Morgan fingerprint density at radius 1 is 0.818 bits per heavy atom. The van der Waals surface area contributed by atoms with Gasteiger partial charge in [-0.15, -0.1) is 0 Å². The summed E-state index contributed by atoms with van der Waals surface area (Å²) in [7, 11) is 0. The van der Waals surface area contributed by atoms with Gasteiger partial charge in [0, 0.05) is 31.9 Å². The van der Waals surface area contributed by atoms with Crippen LogP contribution in [0.4, 0.5) is 16.2 Å². The van der Waals surface area contributed by atoms with Crippen LogP contribution in [-0.4, -0.2) is 47.8 Å². The third kappa shape index (κ3) is 4.42. The van der Waals surface area contributed by atoms with Gasteiger partial charge in [0.15, 0.2) is 5.75 Å². The Bertz CT molecular complexity index is 1230. The first-order valence-corrected chi connectivity index (χ1v) is 11.3. The molecule has 6 heteroatoms. The van der Waals surface area contributed by atoms with Gasteiger partial charge in [-0.2, -0.15) is 0 Å². The van der Waals surface area contributed by atoms with E-state index >= 15 is 0 Å². The third-order valence-electron chi connectivity index (χ3n) is 6.11. The average molecular weight is 441 g/mol. The fraction of sp³-hybridized carbons (Fsp3) is 0.259. The minimum atomic E-state index is -0.0679. The summed E-state index contributed by atoms with van der Waals surface area (Å²) >= 11 is 0. The zero-order valence-electron chi connectivity index (χ0n) is 19.3. The summed E-state index contributed by atoms with van der Waals surface area (Å²) in [6, 6.07) is 20.1. The molecule has 0 aromatic heterocycles. The molecule has 1 saturated heterocycles. The highest BCUT2D eigenvalue weighted by Crippen LogP contribution is 2.39. The Hall–Kier alpha value is -3.80. The molecule has 0 radical (unpaired) electrons. The molecule has 0 unspecified atom stereocenters. The highest BCUT2D eigenvalue weighted by molar-refractivity contribution is 6.04. The van der Waals surface area contributed by atoms with Crippen molar-refractivity contribution >= 4 is 23.2 Å². The predicted molar refractivity (Wildman–Crippen MR) is 132 cm³/mol. The molecule has 33 heavy (non-hydrogen) atoms. The van der Waals surface area contributed by atoms with E-state index < -0.39 is 0 Å². The maximum atomic E-state index is 12.8. The second-order valence-corrected chi connectivity index (χ2v) is 8.78. The number of aryl methyl sites for hydroxylation is 3. The number of hydrogen-bond donors (Lipinski definition) is 1. The molecule has 0 bridgehead atoms. The van der Waals surface area contributed by atoms with Crippen LogP contribution in [0.2, 0.25) is 0 Å². The number of nitrogens with one attached hydrogen (secondary N) is 1. The van der Waals surface area contributed by atoms with Crippen LogP contribution < -0.4 is 10.1 Å². The smallest absolute Gasteiger partial charge is 0.321 e. The summed E-state index contributed by atoms with van der Waals surface area (Å²) in [5.74, 6) is 2.48. The number of nitrogens with zero attached hydrogens (tertiary/aromatic N) is 3. The number of hydrogen-bond acceptors (Lipinski definition) is 4. The van der Waals surface area contributed by atoms with Crippen LogP contribution in [0.5, 0.6) is 11.5 Å². The highest BCUT2D eigenvalue weighted by Gasteiger charge is 2.27. The Kier molecular flexibility index (Phi) is 5.50. The molecular formula is C27H28N4O2. The van der Waals surface area contributed by atoms with Crippen LogP contribution in [0.1, 0.15) is 22.3 Å². The van der Waals surface area contributed by atoms with Crippen molar-refractivity contribution in [3.05, 3.63) is 82.9 Å². The van der Waals surface area contributed by atoms with Gasteiger partial charge in [-0.05, 0) is 62.7 Å². The lowest BCUT2D eigenvalue weighted by Gasteiger charge is -2.36. The van der Waals surface area contributed by atoms with Gasteiger partial charge in [0.1, 0.15) is 17.3 Å². The Balaban J connectivity index is 1.37. The van der Waals surface area contributed by atoms with Crippen molar-refractivity contribution in [3.63, 3.8) is 0 Å². The number of urea groups is 1. The number of benzene rings is 3. The molecule has 1 fully saturated rings. The van der Waals surface area contributed by atoms with Gasteiger partial charge >= 0.3 is 6.03 Å². The van der Waals surface area contributed by atoms with E-state index in [1.807, 2.05) is 54.3 Å². The lowest BCUT2D eigenvalue weighted by atomic mass is 10.1. The fourth-order valence-electron chi connectivity index (χ4n) is 4.20. The van der Waals surface area contributed by atoms with Crippen LogP contribution in [0.25, 0.3) is 0 Å². The maximum absolute atomic E-state index is 12.8. The largest absolute Gasteiger partial charge is 0.454 e. The highest BCUT2D eigenvalue weighted by atomic mass is 16.5. The van der Waals surface area contributed by atoms with E-state index in [9.17, 15) is 4.79 Å². The summed E-state index contributed by atoms with van der Waals surface area (Å²) < 4.78 is 6.28. The number of ether oxygens (including phenoxy) is 1. The normalized spacial score (nSPS) is 15.1. The van der Waals surface area contributed by atoms with Crippen LogP contribution in [0.3, 0.4) is 0 Å². The molecule has 0 spiro atoms. The van der Waals surface area contributed by atoms with E-state index in [2.05, 4.69) is 42.3 Å². The zero-order valence-corrected chi connectivity index (χ0v) is 19.3. The molecule has 3 aromatic carbocycles. The molecule has 3 aromatic rings. The van der Waals surface area contributed by atoms with Gasteiger partial charge in [-0.25, -0.2) is 9.79 Å². The summed E-state index contributed by atoms with van der Waals surface area (Å²) in [5, 5.41) is 3.00. The van der Waals surface area contributed by atoms with Gasteiger partial charge in [-0.1, -0.05) is 35.4 Å². The van der Waals surface area contributed by atoms with E-state index in [-0.39, 0.29) is 6.03 Å². The number of rotatable bonds is 1. The molecule has 0 saturated carbocycles. The first-order chi connectivity index (χ1) is 16.0. The molecule has 2 heterocycles. The number of carbonyl (C=O) groups is 1. The van der Waals surface area contributed by atoms with Gasteiger partial charge in [0.25, 0.3) is 0 Å². The molecule has 1 N–H and O–H groups in total. The van der Waals surface area contributed by atoms with Crippen LogP contribution in [0, 0.1) is 20.8 Å². The van der Waals surface area contributed by atoms with Crippen LogP contribution in [0.15, 0.2) is 65.7 Å². The van der Waals surface area contributed by atoms with Crippen molar-refractivity contribution in [3.8, 4) is 11.5 Å². The number of anilines is 1. The maximum Gasteiger partial charge on any atom is 0.321 e. The fourth-order valence-corrected chi connectivity index (χ4v) is 4.20. The predicted octanol–water partition coefficient (Wildman–Crippen LogP) is 5.65. The second kappa shape index (κ2) is 8.62. The van der Waals surface area contributed by atoms with E-state index in [0.29, 0.717) is 26.2 Å². The molecule has 2 aliphatic heterocycles. The van der Waals surface area contributed by atoms with Crippen molar-refractivity contribution in [1.82, 2.24) is 9.80 Å². The number of piperazine rings is 1. The summed E-state index contributed by atoms with van der Waals surface area (Å²) in [5.41, 5.74) is 6.08. The molecule has 2 amide bonds. The van der Waals surface area contributed by atoms with Crippen molar-refractivity contribution in [2.45, 2.75) is 20.8 Å². The second-order valence-electron chi connectivity index (χ2n) is 8.78. The number of amides is 2. The van der Waals surface area contributed by atoms with E-state index in [4.69, 9.17) is 9.73 Å². The minimum Gasteiger partial charge on any atom is -0.454 e. The monoisotopic (exact) mass is 440 g/mol. The summed E-state index contributed by atoms with van der Waals surface area (Å²) in [6.45, 7) is 8.82. The van der Waals surface area contributed by atoms with Crippen LogP contribution >= 0.6 is 0 Å². The third-order valence-corrected chi connectivity index (χ3v) is 6.11. The first-order valence-electron chi connectivity index (χ1n) is 11.3. The average Bonchev–Trinajstić information content (AvgIpc) is 2.97. The molecule has 2 aliphatic rings. The van der Waals surface area contributed by atoms with Crippen LogP contribution in [-0.2, 0) is 0 Å². The van der Waals surface area contributed by atoms with Gasteiger partial charge in [-0.3, -0.25) is 0 Å². The SMILES string of the molecule is Cc1ccc(NC(=O)N2CCN(C3=Nc4ccc(C)cc4Oc4ccc(C)cc43)CC2)cc1. The molecule has 0 atom stereocenters. The van der Waals surface area contributed by atoms with Crippen molar-refractivity contribution < 1.29 is 9.53 Å². The molecule has 6 nitrogen and oxygen atoms in total. The quantitative estimate of drug-likeness (QED) is 0.532. The van der Waals surface area contributed by atoms with E-state index in [1.165, 1.54) is 5.56 Å². The lowest BCUT2D eigenvalue weighted by Crippen LogP contribution is -2.51. The van der Waals surface area contributed by atoms with E-state index in [1.54, 1.807) is 0 Å². The van der Waals surface area contributed by atoms with Crippen molar-refractivity contribution in [1.29, 1.82) is 0 Å². The van der Waals surface area contributed by atoms with Gasteiger partial charge < -0.3 is 19.9 Å². The Morgan fingerprint density at radius 2 is 1.48 bits per heavy atom. The summed E-state index contributed by atoms with van der Waals surface area (Å²) in [6.07, 6.45) is 0.